The summed E-state index contributed by atoms with van der Waals surface area (Å²) in [6.07, 6.45) is 1.62. The first-order chi connectivity index (χ1) is 10.5. The molecule has 0 heterocycles. The third-order valence-corrected chi connectivity index (χ3v) is 4.26. The number of anilines is 1. The van der Waals surface area contributed by atoms with Crippen LogP contribution in [-0.4, -0.2) is 15.0 Å². The molecule has 0 aromatic heterocycles. The molecule has 0 aliphatic rings. The molecule has 2 aromatic carbocycles. The third kappa shape index (κ3) is 5.09. The van der Waals surface area contributed by atoms with Gasteiger partial charge >= 0.3 is 0 Å². The molecule has 6 heteroatoms. The average molecular weight is 338 g/mol. The summed E-state index contributed by atoms with van der Waals surface area (Å²) < 4.78 is 32.3. The van der Waals surface area contributed by atoms with E-state index in [0.29, 0.717) is 28.6 Å². The van der Waals surface area contributed by atoms with Crippen molar-refractivity contribution >= 4 is 27.3 Å². The van der Waals surface area contributed by atoms with Crippen LogP contribution in [0.5, 0.6) is 5.75 Å². The van der Waals surface area contributed by atoms with Crippen LogP contribution in [-0.2, 0) is 15.8 Å². The highest BCUT2D eigenvalue weighted by atomic mass is 35.5. The maximum absolute atomic E-state index is 12.2. The fourth-order valence-electron chi connectivity index (χ4n) is 1.82. The Bertz CT molecular complexity index is 742. The molecule has 0 aliphatic carbocycles. The van der Waals surface area contributed by atoms with Crippen LogP contribution in [0.2, 0.25) is 5.02 Å². The average Bonchev–Trinajstić information content (AvgIpc) is 2.47. The van der Waals surface area contributed by atoms with E-state index < -0.39 is 10.0 Å². The molecular weight excluding hydrogens is 322 g/mol. The molecular formula is C16H16ClNO3S. The second kappa shape index (κ2) is 7.33. The lowest BCUT2D eigenvalue weighted by atomic mass is 10.2. The summed E-state index contributed by atoms with van der Waals surface area (Å²) >= 11 is 5.79. The van der Waals surface area contributed by atoms with E-state index in [2.05, 4.69) is 11.3 Å². The fraction of sp³-hybridized carbons (Fsp3) is 0.125. The highest BCUT2D eigenvalue weighted by molar-refractivity contribution is 7.91. The summed E-state index contributed by atoms with van der Waals surface area (Å²) in [4.78, 5) is 0. The normalized spacial score (nSPS) is 11.0. The van der Waals surface area contributed by atoms with E-state index in [1.54, 1.807) is 54.6 Å². The second-order valence-electron chi connectivity index (χ2n) is 4.62. The molecule has 1 N–H and O–H groups in total. The van der Waals surface area contributed by atoms with Crippen LogP contribution in [0.3, 0.4) is 0 Å². The quantitative estimate of drug-likeness (QED) is 0.781. The van der Waals surface area contributed by atoms with E-state index in [0.717, 1.165) is 0 Å². The number of sulfonamides is 1. The minimum atomic E-state index is -3.51. The summed E-state index contributed by atoms with van der Waals surface area (Å²) in [6, 6.07) is 13.5. The topological polar surface area (TPSA) is 55.4 Å². The summed E-state index contributed by atoms with van der Waals surface area (Å²) in [5, 5.41) is 0.571. The Morgan fingerprint density at radius 3 is 2.59 bits per heavy atom. The van der Waals surface area contributed by atoms with Crippen molar-refractivity contribution in [2.24, 2.45) is 0 Å². The maximum Gasteiger partial charge on any atom is 0.236 e. The van der Waals surface area contributed by atoms with Gasteiger partial charge in [-0.05, 0) is 29.8 Å². The number of rotatable bonds is 7. The largest absolute Gasteiger partial charge is 0.489 e. The molecule has 4 nitrogen and oxygen atoms in total. The number of halogens is 1. The standard InChI is InChI=1S/C16H16ClNO3S/c1-2-10-21-16-5-3-4-15(11-16)18-22(19,20)12-13-6-8-14(17)9-7-13/h2-9,11,18H,1,10,12H2. The molecule has 0 spiro atoms. The van der Waals surface area contributed by atoms with E-state index in [1.807, 2.05) is 0 Å². The molecule has 0 bridgehead atoms. The van der Waals surface area contributed by atoms with Crippen LogP contribution in [0, 0.1) is 0 Å². The first-order valence-electron chi connectivity index (χ1n) is 6.57. The zero-order chi connectivity index (χ0) is 16.0. The van der Waals surface area contributed by atoms with Gasteiger partial charge in [0.15, 0.2) is 0 Å². The predicted octanol–water partition coefficient (Wildman–Crippen LogP) is 3.85. The molecule has 0 unspecified atom stereocenters. The van der Waals surface area contributed by atoms with Gasteiger partial charge in [-0.15, -0.1) is 0 Å². The molecule has 2 rings (SSSR count). The van der Waals surface area contributed by atoms with Gasteiger partial charge in [0.1, 0.15) is 12.4 Å². The summed E-state index contributed by atoms with van der Waals surface area (Å²) in [7, 11) is -3.51. The van der Waals surface area contributed by atoms with Crippen molar-refractivity contribution in [3.8, 4) is 5.75 Å². The van der Waals surface area contributed by atoms with Gasteiger partial charge in [0, 0.05) is 11.1 Å². The Morgan fingerprint density at radius 2 is 1.91 bits per heavy atom. The second-order valence-corrected chi connectivity index (χ2v) is 6.77. The van der Waals surface area contributed by atoms with E-state index in [4.69, 9.17) is 16.3 Å². The van der Waals surface area contributed by atoms with E-state index >= 15 is 0 Å². The van der Waals surface area contributed by atoms with Gasteiger partial charge in [-0.2, -0.15) is 0 Å². The van der Waals surface area contributed by atoms with Gasteiger partial charge in [-0.1, -0.05) is 42.5 Å². The van der Waals surface area contributed by atoms with Crippen molar-refractivity contribution < 1.29 is 13.2 Å². The van der Waals surface area contributed by atoms with Gasteiger partial charge < -0.3 is 4.74 Å². The van der Waals surface area contributed by atoms with Crippen LogP contribution in [0.25, 0.3) is 0 Å². The molecule has 0 saturated heterocycles. The van der Waals surface area contributed by atoms with Crippen LogP contribution < -0.4 is 9.46 Å². The Hall–Kier alpha value is -1.98. The number of ether oxygens (including phenoxy) is 1. The summed E-state index contributed by atoms with van der Waals surface area (Å²) in [5.41, 5.74) is 1.12. The highest BCUT2D eigenvalue weighted by Crippen LogP contribution is 2.20. The van der Waals surface area contributed by atoms with Crippen LogP contribution >= 0.6 is 11.6 Å². The zero-order valence-corrected chi connectivity index (χ0v) is 13.4. The number of benzene rings is 2. The van der Waals surface area contributed by atoms with Crippen LogP contribution in [0.4, 0.5) is 5.69 Å². The van der Waals surface area contributed by atoms with Gasteiger partial charge in [0.05, 0.1) is 11.4 Å². The van der Waals surface area contributed by atoms with E-state index in [-0.39, 0.29) is 5.75 Å². The molecule has 116 valence electrons. The van der Waals surface area contributed by atoms with Crippen molar-refractivity contribution in [3.05, 3.63) is 71.8 Å². The summed E-state index contributed by atoms with van der Waals surface area (Å²) in [5.74, 6) is 0.452. The van der Waals surface area contributed by atoms with Crippen molar-refractivity contribution in [1.82, 2.24) is 0 Å². The molecule has 0 fully saturated rings. The maximum atomic E-state index is 12.2. The Balaban J connectivity index is 2.07. The van der Waals surface area contributed by atoms with Crippen molar-refractivity contribution in [2.45, 2.75) is 5.75 Å². The first kappa shape index (κ1) is 16.4. The molecule has 0 amide bonds. The predicted molar refractivity (Wildman–Crippen MR) is 89.8 cm³/mol. The Kier molecular flexibility index (Phi) is 5.46. The molecule has 0 radical (unpaired) electrons. The lowest BCUT2D eigenvalue weighted by Gasteiger charge is -2.10. The van der Waals surface area contributed by atoms with Gasteiger partial charge in [-0.3, -0.25) is 4.72 Å². The molecule has 0 atom stereocenters. The van der Waals surface area contributed by atoms with E-state index in [1.165, 1.54) is 0 Å². The lowest BCUT2D eigenvalue weighted by Crippen LogP contribution is -2.15. The molecule has 0 aliphatic heterocycles. The monoisotopic (exact) mass is 337 g/mol. The Labute approximate surface area is 135 Å². The van der Waals surface area contributed by atoms with Crippen molar-refractivity contribution in [2.75, 3.05) is 11.3 Å². The SMILES string of the molecule is C=CCOc1cccc(NS(=O)(=O)Cc2ccc(Cl)cc2)c1. The van der Waals surface area contributed by atoms with E-state index in [9.17, 15) is 8.42 Å². The summed E-state index contributed by atoms with van der Waals surface area (Å²) in [6.45, 7) is 3.93. The van der Waals surface area contributed by atoms with Crippen molar-refractivity contribution in [1.29, 1.82) is 0 Å². The van der Waals surface area contributed by atoms with Gasteiger partial charge in [-0.25, -0.2) is 8.42 Å². The first-order valence-corrected chi connectivity index (χ1v) is 8.60. The fourth-order valence-corrected chi connectivity index (χ4v) is 3.14. The number of hydrogen-bond acceptors (Lipinski definition) is 3. The number of hydrogen-bond donors (Lipinski definition) is 1. The molecule has 2 aromatic rings. The van der Waals surface area contributed by atoms with Crippen LogP contribution in [0.15, 0.2) is 61.2 Å². The van der Waals surface area contributed by atoms with Gasteiger partial charge in [0.2, 0.25) is 10.0 Å². The van der Waals surface area contributed by atoms with Crippen LogP contribution in [0.1, 0.15) is 5.56 Å². The lowest BCUT2D eigenvalue weighted by molar-refractivity contribution is 0.363. The molecule has 0 saturated carbocycles. The molecule has 22 heavy (non-hydrogen) atoms. The Morgan fingerprint density at radius 1 is 1.18 bits per heavy atom. The van der Waals surface area contributed by atoms with Crippen molar-refractivity contribution in [3.63, 3.8) is 0 Å². The third-order valence-electron chi connectivity index (χ3n) is 2.75. The highest BCUT2D eigenvalue weighted by Gasteiger charge is 2.12. The van der Waals surface area contributed by atoms with Gasteiger partial charge in [0.25, 0.3) is 0 Å². The smallest absolute Gasteiger partial charge is 0.236 e. The number of nitrogens with one attached hydrogen (secondary N) is 1. The minimum Gasteiger partial charge on any atom is -0.489 e. The minimum absolute atomic E-state index is 0.123. The zero-order valence-electron chi connectivity index (χ0n) is 11.8.